The van der Waals surface area contributed by atoms with E-state index in [0.29, 0.717) is 31.6 Å². The van der Waals surface area contributed by atoms with Crippen LogP contribution < -0.4 is 4.90 Å². The summed E-state index contributed by atoms with van der Waals surface area (Å²) >= 11 is 6.24. The lowest BCUT2D eigenvalue weighted by molar-refractivity contribution is -0.148. The molecule has 3 saturated heterocycles. The maximum atomic E-state index is 12.6. The van der Waals surface area contributed by atoms with Crippen LogP contribution in [-0.4, -0.2) is 75.8 Å². The van der Waals surface area contributed by atoms with Gasteiger partial charge in [-0.3, -0.25) is 4.90 Å². The molecule has 5 rings (SSSR count). The molecule has 2 aromatic heterocycles. The second-order valence-corrected chi connectivity index (χ2v) is 8.47. The number of rotatable bonds is 3. The maximum Gasteiger partial charge on any atom is 0.401 e. The molecule has 0 N–H and O–H groups in total. The smallest absolute Gasteiger partial charge is 0.371 e. The summed E-state index contributed by atoms with van der Waals surface area (Å²) in [4.78, 5) is 12.5. The number of morpholine rings is 1. The van der Waals surface area contributed by atoms with Gasteiger partial charge < -0.3 is 9.64 Å². The summed E-state index contributed by atoms with van der Waals surface area (Å²) in [6.07, 6.45) is 1.30. The lowest BCUT2D eigenvalue weighted by Crippen LogP contribution is -2.43. The molecule has 0 amide bonds. The van der Waals surface area contributed by atoms with Crippen LogP contribution >= 0.6 is 11.6 Å². The van der Waals surface area contributed by atoms with Crippen LogP contribution in [0.5, 0.6) is 0 Å². The first kappa shape index (κ1) is 19.3. The molecule has 2 unspecified atom stereocenters. The highest BCUT2D eigenvalue weighted by atomic mass is 35.5. The molecule has 3 aliphatic rings. The molecule has 0 aliphatic carbocycles. The number of aromatic nitrogens is 4. The Morgan fingerprint density at radius 3 is 2.41 bits per heavy atom. The first-order valence-corrected chi connectivity index (χ1v) is 10.3. The molecule has 2 aromatic rings. The van der Waals surface area contributed by atoms with E-state index in [0.717, 1.165) is 37.1 Å². The standard InChI is InChI=1S/C18H22ClF3N6O/c19-17-24-15(27-8-12-1-2-13(9-27)29-12)14-7-23-28(16(14)25-17)11-3-5-26(6-4-11)10-18(20,21)22/h7,11-13H,1-6,8-10H2. The van der Waals surface area contributed by atoms with Crippen LogP contribution in [0.4, 0.5) is 19.0 Å². The molecular formula is C18H22ClF3N6O. The minimum Gasteiger partial charge on any atom is -0.371 e. The fourth-order valence-corrected chi connectivity index (χ4v) is 4.92. The minimum absolute atomic E-state index is 0.00308. The number of halogens is 4. The predicted molar refractivity (Wildman–Crippen MR) is 101 cm³/mol. The predicted octanol–water partition coefficient (Wildman–Crippen LogP) is 3.05. The van der Waals surface area contributed by atoms with Crippen molar-refractivity contribution >= 4 is 28.5 Å². The van der Waals surface area contributed by atoms with Crippen LogP contribution in [-0.2, 0) is 4.74 Å². The molecule has 158 valence electrons. The van der Waals surface area contributed by atoms with Gasteiger partial charge in [0.25, 0.3) is 0 Å². The van der Waals surface area contributed by atoms with E-state index >= 15 is 0 Å². The quantitative estimate of drug-likeness (QED) is 0.698. The van der Waals surface area contributed by atoms with Gasteiger partial charge in [0.15, 0.2) is 5.65 Å². The number of likely N-dealkylation sites (tertiary alicyclic amines) is 1. The number of alkyl halides is 3. The van der Waals surface area contributed by atoms with E-state index in [1.807, 2.05) is 4.68 Å². The van der Waals surface area contributed by atoms with Crippen LogP contribution in [0.3, 0.4) is 0 Å². The SMILES string of the molecule is FC(F)(F)CN1CCC(n2ncc3c(N4CC5CCC(C4)O5)nc(Cl)nc32)CC1. The van der Waals surface area contributed by atoms with Crippen molar-refractivity contribution in [1.29, 1.82) is 0 Å². The second kappa shape index (κ2) is 7.24. The van der Waals surface area contributed by atoms with E-state index in [4.69, 9.17) is 16.3 Å². The molecule has 3 aliphatic heterocycles. The van der Waals surface area contributed by atoms with Crippen molar-refractivity contribution in [3.63, 3.8) is 0 Å². The maximum absolute atomic E-state index is 12.6. The zero-order chi connectivity index (χ0) is 20.2. The number of nitrogens with zero attached hydrogens (tertiary/aromatic N) is 6. The Bertz CT molecular complexity index is 886. The van der Waals surface area contributed by atoms with Crippen LogP contribution in [0, 0.1) is 0 Å². The molecule has 29 heavy (non-hydrogen) atoms. The minimum atomic E-state index is -4.17. The van der Waals surface area contributed by atoms with E-state index in [1.165, 1.54) is 4.90 Å². The number of hydrogen-bond acceptors (Lipinski definition) is 6. The summed E-state index contributed by atoms with van der Waals surface area (Å²) in [5, 5.41) is 5.51. The van der Waals surface area contributed by atoms with Gasteiger partial charge in [0.1, 0.15) is 5.82 Å². The fourth-order valence-electron chi connectivity index (χ4n) is 4.76. The Morgan fingerprint density at radius 2 is 1.76 bits per heavy atom. The number of fused-ring (bicyclic) bond motifs is 3. The van der Waals surface area contributed by atoms with Crippen molar-refractivity contribution in [1.82, 2.24) is 24.6 Å². The van der Waals surface area contributed by atoms with Crippen molar-refractivity contribution in [2.24, 2.45) is 0 Å². The van der Waals surface area contributed by atoms with E-state index in [-0.39, 0.29) is 23.5 Å². The zero-order valence-electron chi connectivity index (χ0n) is 15.8. The second-order valence-electron chi connectivity index (χ2n) is 8.13. The first-order valence-electron chi connectivity index (χ1n) is 9.96. The van der Waals surface area contributed by atoms with Gasteiger partial charge in [-0.1, -0.05) is 0 Å². The molecule has 2 atom stereocenters. The topological polar surface area (TPSA) is 59.3 Å². The molecule has 5 heterocycles. The molecule has 2 bridgehead atoms. The highest BCUT2D eigenvalue weighted by molar-refractivity contribution is 6.28. The van der Waals surface area contributed by atoms with Crippen LogP contribution in [0.15, 0.2) is 6.20 Å². The number of ether oxygens (including phenoxy) is 1. The third-order valence-electron chi connectivity index (χ3n) is 6.06. The van der Waals surface area contributed by atoms with Gasteiger partial charge in [-0.25, -0.2) is 4.68 Å². The Morgan fingerprint density at radius 1 is 1.07 bits per heavy atom. The van der Waals surface area contributed by atoms with Gasteiger partial charge in [0.05, 0.1) is 36.4 Å². The lowest BCUT2D eigenvalue weighted by Gasteiger charge is -2.33. The van der Waals surface area contributed by atoms with E-state index < -0.39 is 12.7 Å². The summed E-state index contributed by atoms with van der Waals surface area (Å²) in [5.41, 5.74) is 0.646. The lowest BCUT2D eigenvalue weighted by atomic mass is 10.1. The molecule has 0 saturated carbocycles. The molecule has 3 fully saturated rings. The van der Waals surface area contributed by atoms with Crippen molar-refractivity contribution in [2.45, 2.75) is 50.1 Å². The third-order valence-corrected chi connectivity index (χ3v) is 6.22. The molecule has 0 aromatic carbocycles. The molecule has 0 spiro atoms. The Balaban J connectivity index is 1.39. The summed E-state index contributed by atoms with van der Waals surface area (Å²) in [6, 6.07) is -0.00308. The number of anilines is 1. The molecule has 11 heteroatoms. The summed E-state index contributed by atoms with van der Waals surface area (Å²) < 4.78 is 45.6. The van der Waals surface area contributed by atoms with Gasteiger partial charge in [0, 0.05) is 26.2 Å². The largest absolute Gasteiger partial charge is 0.401 e. The van der Waals surface area contributed by atoms with Crippen molar-refractivity contribution in [3.05, 3.63) is 11.5 Å². The highest BCUT2D eigenvalue weighted by Gasteiger charge is 2.36. The van der Waals surface area contributed by atoms with Gasteiger partial charge in [-0.2, -0.15) is 28.2 Å². The van der Waals surface area contributed by atoms with Crippen LogP contribution in [0.2, 0.25) is 5.28 Å². The summed E-state index contributed by atoms with van der Waals surface area (Å²) in [7, 11) is 0. The first-order chi connectivity index (χ1) is 13.9. The fraction of sp³-hybridized carbons (Fsp3) is 0.722. The van der Waals surface area contributed by atoms with Crippen molar-refractivity contribution in [3.8, 4) is 0 Å². The number of piperidine rings is 1. The normalized spacial score (nSPS) is 26.6. The van der Waals surface area contributed by atoms with Gasteiger partial charge >= 0.3 is 6.18 Å². The van der Waals surface area contributed by atoms with E-state index in [2.05, 4.69) is 20.0 Å². The highest BCUT2D eigenvalue weighted by Crippen LogP contribution is 2.34. The van der Waals surface area contributed by atoms with Crippen molar-refractivity contribution < 1.29 is 17.9 Å². The monoisotopic (exact) mass is 430 g/mol. The third kappa shape index (κ3) is 3.89. The van der Waals surface area contributed by atoms with Gasteiger partial charge in [0.2, 0.25) is 5.28 Å². The Hall–Kier alpha value is -1.65. The Labute approximate surface area is 170 Å². The average molecular weight is 431 g/mol. The van der Waals surface area contributed by atoms with E-state index in [1.54, 1.807) is 6.20 Å². The van der Waals surface area contributed by atoms with Crippen LogP contribution in [0.25, 0.3) is 11.0 Å². The molecule has 7 nitrogen and oxygen atoms in total. The molecular weight excluding hydrogens is 409 g/mol. The van der Waals surface area contributed by atoms with Crippen molar-refractivity contribution in [2.75, 3.05) is 37.6 Å². The Kier molecular flexibility index (Phi) is 4.83. The summed E-state index contributed by atoms with van der Waals surface area (Å²) in [6.45, 7) is 1.42. The van der Waals surface area contributed by atoms with Gasteiger partial charge in [-0.15, -0.1) is 0 Å². The number of hydrogen-bond donors (Lipinski definition) is 0. The van der Waals surface area contributed by atoms with E-state index in [9.17, 15) is 13.2 Å². The average Bonchev–Trinajstić information content (AvgIpc) is 3.23. The molecule has 0 radical (unpaired) electrons. The van der Waals surface area contributed by atoms with Gasteiger partial charge in [-0.05, 0) is 37.3 Å². The summed E-state index contributed by atoms with van der Waals surface area (Å²) in [5.74, 6) is 0.765. The van der Waals surface area contributed by atoms with Crippen LogP contribution in [0.1, 0.15) is 31.7 Å². The zero-order valence-corrected chi connectivity index (χ0v) is 16.5.